The van der Waals surface area contributed by atoms with Crippen molar-refractivity contribution in [3.63, 3.8) is 0 Å². The Morgan fingerprint density at radius 3 is 2.18 bits per heavy atom. The Balaban J connectivity index is 2.84. The van der Waals surface area contributed by atoms with Gasteiger partial charge in [0.1, 0.15) is 5.60 Å². The molecule has 1 fully saturated rings. The molecule has 0 aromatic carbocycles. The number of likely N-dealkylation sites (N-methyl/N-ethyl adjacent to an activating group) is 1. The van der Waals surface area contributed by atoms with Gasteiger partial charge in [-0.15, -0.1) is 0 Å². The summed E-state index contributed by atoms with van der Waals surface area (Å²) in [6.45, 7) is 7.70. The van der Waals surface area contributed by atoms with Crippen LogP contribution in [0.4, 0.5) is 4.79 Å². The fourth-order valence-electron chi connectivity index (χ4n) is 1.65. The zero-order valence-corrected chi connectivity index (χ0v) is 10.8. The molecule has 0 unspecified atom stereocenters. The minimum absolute atomic E-state index is 0.134. The van der Waals surface area contributed by atoms with Gasteiger partial charge in [-0.3, -0.25) is 9.69 Å². The fraction of sp³-hybridized carbons (Fsp3) is 0.818. The minimum Gasteiger partial charge on any atom is -0.444 e. The van der Waals surface area contributed by atoms with Gasteiger partial charge in [-0.2, -0.15) is 0 Å². The molecule has 1 heterocycles. The molecule has 0 saturated carbocycles. The van der Waals surface area contributed by atoms with E-state index in [9.17, 15) is 9.59 Å². The minimum atomic E-state index is -1.04. The Kier molecular flexibility index (Phi) is 3.66. The molecule has 0 radical (unpaired) electrons. The molecule has 0 bridgehead atoms. The SMILES string of the molecule is CCN(C(=O)OC(C)(C)C)C1(C(N)=O)COC1. The van der Waals surface area contributed by atoms with Crippen LogP contribution in [0.2, 0.25) is 0 Å². The summed E-state index contributed by atoms with van der Waals surface area (Å²) in [7, 11) is 0. The molecule has 0 aromatic heterocycles. The highest BCUT2D eigenvalue weighted by atomic mass is 16.6. The highest BCUT2D eigenvalue weighted by molar-refractivity contribution is 5.90. The number of ether oxygens (including phenoxy) is 2. The molecule has 2 N–H and O–H groups in total. The van der Waals surface area contributed by atoms with Gasteiger partial charge in [0, 0.05) is 6.54 Å². The van der Waals surface area contributed by atoms with E-state index in [0.29, 0.717) is 6.54 Å². The fourth-order valence-corrected chi connectivity index (χ4v) is 1.65. The predicted molar refractivity (Wildman–Crippen MR) is 61.4 cm³/mol. The van der Waals surface area contributed by atoms with Crippen molar-refractivity contribution in [3.8, 4) is 0 Å². The first kappa shape index (κ1) is 13.8. The summed E-state index contributed by atoms with van der Waals surface area (Å²) < 4.78 is 10.3. The summed E-state index contributed by atoms with van der Waals surface area (Å²) in [6, 6.07) is 0. The summed E-state index contributed by atoms with van der Waals surface area (Å²) in [5.41, 5.74) is 3.69. The maximum absolute atomic E-state index is 12.0. The van der Waals surface area contributed by atoms with Crippen LogP contribution in [-0.4, -0.2) is 47.8 Å². The third-order valence-corrected chi connectivity index (χ3v) is 2.59. The quantitative estimate of drug-likeness (QED) is 0.783. The third-order valence-electron chi connectivity index (χ3n) is 2.59. The normalized spacial score (nSPS) is 18.1. The zero-order chi connectivity index (χ0) is 13.3. The van der Waals surface area contributed by atoms with Crippen molar-refractivity contribution in [1.82, 2.24) is 4.90 Å². The first-order valence-corrected chi connectivity index (χ1v) is 5.61. The number of nitrogens with two attached hydrogens (primary N) is 1. The average Bonchev–Trinajstić information content (AvgIpc) is 2.06. The van der Waals surface area contributed by atoms with Gasteiger partial charge >= 0.3 is 6.09 Å². The van der Waals surface area contributed by atoms with Crippen LogP contribution in [-0.2, 0) is 14.3 Å². The molecular formula is C11H20N2O4. The second-order valence-electron chi connectivity index (χ2n) is 5.11. The van der Waals surface area contributed by atoms with Crippen LogP contribution in [0.5, 0.6) is 0 Å². The van der Waals surface area contributed by atoms with Gasteiger partial charge in [0.2, 0.25) is 5.91 Å². The highest BCUT2D eigenvalue weighted by Crippen LogP contribution is 2.26. The van der Waals surface area contributed by atoms with E-state index in [4.69, 9.17) is 15.2 Å². The number of amides is 2. The Bertz CT molecular complexity index is 318. The molecule has 2 amide bonds. The van der Waals surface area contributed by atoms with Gasteiger partial charge < -0.3 is 15.2 Å². The second kappa shape index (κ2) is 4.52. The largest absolute Gasteiger partial charge is 0.444 e. The number of carbonyl (C=O) groups excluding carboxylic acids is 2. The second-order valence-corrected chi connectivity index (χ2v) is 5.11. The molecule has 1 aliphatic rings. The van der Waals surface area contributed by atoms with Crippen molar-refractivity contribution in [1.29, 1.82) is 0 Å². The number of hydrogen-bond donors (Lipinski definition) is 1. The summed E-state index contributed by atoms with van der Waals surface area (Å²) in [6.07, 6.45) is -0.540. The molecule has 0 spiro atoms. The summed E-state index contributed by atoms with van der Waals surface area (Å²) >= 11 is 0. The molecule has 1 rings (SSSR count). The lowest BCUT2D eigenvalue weighted by Gasteiger charge is -2.46. The van der Waals surface area contributed by atoms with Crippen molar-refractivity contribution in [2.45, 2.75) is 38.8 Å². The molecule has 98 valence electrons. The molecule has 0 atom stereocenters. The van der Waals surface area contributed by atoms with Gasteiger partial charge in [-0.05, 0) is 27.7 Å². The first-order chi connectivity index (χ1) is 7.73. The number of hydrogen-bond acceptors (Lipinski definition) is 4. The molecule has 0 aromatic rings. The molecule has 1 aliphatic heterocycles. The van der Waals surface area contributed by atoms with E-state index in [-0.39, 0.29) is 13.2 Å². The molecule has 1 saturated heterocycles. The van der Waals surface area contributed by atoms with Crippen LogP contribution >= 0.6 is 0 Å². The zero-order valence-electron chi connectivity index (χ0n) is 10.8. The highest BCUT2D eigenvalue weighted by Gasteiger charge is 2.52. The molecule has 17 heavy (non-hydrogen) atoms. The molecule has 6 nitrogen and oxygen atoms in total. The van der Waals surface area contributed by atoms with Crippen molar-refractivity contribution >= 4 is 12.0 Å². The molecule has 0 aliphatic carbocycles. The van der Waals surface area contributed by atoms with Gasteiger partial charge in [0.25, 0.3) is 0 Å². The predicted octanol–water partition coefficient (Wildman–Crippen LogP) is 0.498. The van der Waals surface area contributed by atoms with Crippen LogP contribution in [0, 0.1) is 0 Å². The van der Waals surface area contributed by atoms with E-state index in [0.717, 1.165) is 0 Å². The van der Waals surface area contributed by atoms with E-state index in [1.54, 1.807) is 27.7 Å². The van der Waals surface area contributed by atoms with Crippen LogP contribution in [0.1, 0.15) is 27.7 Å². The summed E-state index contributed by atoms with van der Waals surface area (Å²) in [4.78, 5) is 24.8. The van der Waals surface area contributed by atoms with Crippen molar-refractivity contribution < 1.29 is 19.1 Å². The lowest BCUT2D eigenvalue weighted by atomic mass is 9.94. The topological polar surface area (TPSA) is 81.9 Å². The van der Waals surface area contributed by atoms with Gasteiger partial charge in [0.05, 0.1) is 13.2 Å². The van der Waals surface area contributed by atoms with E-state index in [1.165, 1.54) is 4.90 Å². The van der Waals surface area contributed by atoms with Crippen LogP contribution < -0.4 is 5.73 Å². The van der Waals surface area contributed by atoms with E-state index >= 15 is 0 Å². The standard InChI is InChI=1S/C11H20N2O4/c1-5-13(9(15)17-10(2,3)4)11(8(12)14)6-16-7-11/h5-7H2,1-4H3,(H2,12,14). The number of carbonyl (C=O) groups is 2. The van der Waals surface area contributed by atoms with Crippen LogP contribution in [0.3, 0.4) is 0 Å². The maximum atomic E-state index is 12.0. The Hall–Kier alpha value is -1.30. The molecular weight excluding hydrogens is 224 g/mol. The van der Waals surface area contributed by atoms with Crippen molar-refractivity contribution in [2.75, 3.05) is 19.8 Å². The van der Waals surface area contributed by atoms with Crippen molar-refractivity contribution in [3.05, 3.63) is 0 Å². The van der Waals surface area contributed by atoms with Gasteiger partial charge in [-0.25, -0.2) is 4.79 Å². The van der Waals surface area contributed by atoms with Crippen molar-refractivity contribution in [2.24, 2.45) is 5.73 Å². The smallest absolute Gasteiger partial charge is 0.411 e. The van der Waals surface area contributed by atoms with Gasteiger partial charge in [-0.1, -0.05) is 0 Å². The van der Waals surface area contributed by atoms with E-state index in [1.807, 2.05) is 0 Å². The van der Waals surface area contributed by atoms with E-state index < -0.39 is 23.1 Å². The van der Waals surface area contributed by atoms with Gasteiger partial charge in [0.15, 0.2) is 5.54 Å². The summed E-state index contributed by atoms with van der Waals surface area (Å²) in [5, 5.41) is 0. The van der Waals surface area contributed by atoms with Crippen LogP contribution in [0.15, 0.2) is 0 Å². The Morgan fingerprint density at radius 2 is 1.94 bits per heavy atom. The Labute approximate surface area is 101 Å². The number of rotatable bonds is 3. The van der Waals surface area contributed by atoms with E-state index in [2.05, 4.69) is 0 Å². The monoisotopic (exact) mass is 244 g/mol. The lowest BCUT2D eigenvalue weighted by Crippen LogP contribution is -2.70. The maximum Gasteiger partial charge on any atom is 0.411 e. The molecule has 6 heteroatoms. The Morgan fingerprint density at radius 1 is 1.41 bits per heavy atom. The number of nitrogens with zero attached hydrogens (tertiary/aromatic N) is 1. The van der Waals surface area contributed by atoms with Crippen LogP contribution in [0.25, 0.3) is 0 Å². The number of primary amides is 1. The first-order valence-electron chi connectivity index (χ1n) is 5.61. The lowest BCUT2D eigenvalue weighted by molar-refractivity contribution is -0.164. The average molecular weight is 244 g/mol. The third kappa shape index (κ3) is 2.69. The summed E-state index contributed by atoms with van der Waals surface area (Å²) in [5.74, 6) is -0.559.